The van der Waals surface area contributed by atoms with Gasteiger partial charge in [-0.1, -0.05) is 13.0 Å². The summed E-state index contributed by atoms with van der Waals surface area (Å²) >= 11 is 0. The zero-order valence-electron chi connectivity index (χ0n) is 13.7. The molecule has 0 radical (unpaired) electrons. The molecule has 3 aliphatic rings. The maximum Gasteiger partial charge on any atom is 0.258 e. The Hall–Kier alpha value is -1.75. The molecule has 0 aromatic heterocycles. The van der Waals surface area contributed by atoms with Gasteiger partial charge in [-0.25, -0.2) is 0 Å². The van der Waals surface area contributed by atoms with E-state index in [4.69, 9.17) is 9.47 Å². The first-order chi connectivity index (χ1) is 11.3. The van der Waals surface area contributed by atoms with Gasteiger partial charge in [0.25, 0.3) is 5.91 Å². The van der Waals surface area contributed by atoms with Crippen molar-refractivity contribution in [3.63, 3.8) is 0 Å². The highest BCUT2D eigenvalue weighted by atomic mass is 16.7. The lowest BCUT2D eigenvalue weighted by molar-refractivity contribution is 0.0645. The molecule has 5 heteroatoms. The number of fused-ring (bicyclic) bond motifs is 1. The summed E-state index contributed by atoms with van der Waals surface area (Å²) in [5, 5.41) is 0. The van der Waals surface area contributed by atoms with Crippen molar-refractivity contribution in [2.24, 2.45) is 0 Å². The number of likely N-dealkylation sites (N-methyl/N-ethyl adjacent to an activating group) is 1. The van der Waals surface area contributed by atoms with E-state index in [0.717, 1.165) is 32.5 Å². The van der Waals surface area contributed by atoms with Crippen LogP contribution < -0.4 is 9.47 Å². The van der Waals surface area contributed by atoms with E-state index in [0.29, 0.717) is 29.1 Å². The Morgan fingerprint density at radius 1 is 1.17 bits per heavy atom. The van der Waals surface area contributed by atoms with Crippen LogP contribution in [-0.4, -0.2) is 54.2 Å². The van der Waals surface area contributed by atoms with E-state index in [1.165, 1.54) is 12.8 Å². The summed E-state index contributed by atoms with van der Waals surface area (Å²) in [5.41, 5.74) is 0.646. The maximum absolute atomic E-state index is 13.1. The van der Waals surface area contributed by atoms with Gasteiger partial charge in [-0.2, -0.15) is 0 Å². The lowest BCUT2D eigenvalue weighted by atomic mass is 10.0. The summed E-state index contributed by atoms with van der Waals surface area (Å²) in [6.45, 7) is 5.50. The summed E-state index contributed by atoms with van der Waals surface area (Å²) < 4.78 is 10.9. The number of carbonyl (C=O) groups is 1. The smallest absolute Gasteiger partial charge is 0.258 e. The van der Waals surface area contributed by atoms with Crippen molar-refractivity contribution in [2.75, 3.05) is 26.4 Å². The third-order valence-corrected chi connectivity index (χ3v) is 5.45. The fourth-order valence-electron chi connectivity index (χ4n) is 4.38. The van der Waals surface area contributed by atoms with Crippen LogP contribution in [0.3, 0.4) is 0 Å². The van der Waals surface area contributed by atoms with Crippen molar-refractivity contribution in [3.05, 3.63) is 23.8 Å². The van der Waals surface area contributed by atoms with Crippen LogP contribution in [0.2, 0.25) is 0 Å². The molecule has 3 heterocycles. The second-order valence-electron chi connectivity index (χ2n) is 6.59. The van der Waals surface area contributed by atoms with Crippen LogP contribution in [0.15, 0.2) is 18.2 Å². The van der Waals surface area contributed by atoms with E-state index in [9.17, 15) is 4.79 Å². The molecule has 2 atom stereocenters. The van der Waals surface area contributed by atoms with Crippen molar-refractivity contribution in [2.45, 2.75) is 44.7 Å². The maximum atomic E-state index is 13.1. The Morgan fingerprint density at radius 2 is 2.00 bits per heavy atom. The fraction of sp³-hybridized carbons (Fsp3) is 0.611. The Balaban J connectivity index is 1.59. The topological polar surface area (TPSA) is 42.0 Å². The van der Waals surface area contributed by atoms with E-state index in [1.54, 1.807) is 0 Å². The number of hydrogen-bond donors (Lipinski definition) is 0. The molecule has 1 aromatic rings. The first-order valence-corrected chi connectivity index (χ1v) is 8.73. The molecule has 2 fully saturated rings. The summed E-state index contributed by atoms with van der Waals surface area (Å²) in [5.74, 6) is 1.39. The third kappa shape index (κ3) is 2.47. The third-order valence-electron chi connectivity index (χ3n) is 5.45. The lowest BCUT2D eigenvalue weighted by Gasteiger charge is -2.34. The monoisotopic (exact) mass is 316 g/mol. The molecular formula is C18H24N2O3. The highest BCUT2D eigenvalue weighted by Crippen LogP contribution is 2.38. The predicted molar refractivity (Wildman–Crippen MR) is 86.9 cm³/mol. The van der Waals surface area contributed by atoms with Gasteiger partial charge in [0.15, 0.2) is 11.5 Å². The Bertz CT molecular complexity index is 604. The number of ether oxygens (including phenoxy) is 2. The van der Waals surface area contributed by atoms with Gasteiger partial charge in [-0.05, 0) is 50.9 Å². The van der Waals surface area contributed by atoms with E-state index in [2.05, 4.69) is 16.7 Å². The molecule has 1 amide bonds. The fourth-order valence-corrected chi connectivity index (χ4v) is 4.38. The summed E-state index contributed by atoms with van der Waals surface area (Å²) in [6, 6.07) is 6.44. The van der Waals surface area contributed by atoms with Crippen molar-refractivity contribution in [1.82, 2.24) is 9.80 Å². The van der Waals surface area contributed by atoms with Crippen LogP contribution in [0.1, 0.15) is 43.0 Å². The van der Waals surface area contributed by atoms with Crippen LogP contribution >= 0.6 is 0 Å². The minimum absolute atomic E-state index is 0.0952. The van der Waals surface area contributed by atoms with E-state index in [1.807, 2.05) is 18.2 Å². The quantitative estimate of drug-likeness (QED) is 0.859. The Kier molecular flexibility index (Phi) is 3.89. The lowest BCUT2D eigenvalue weighted by Crippen LogP contribution is -2.48. The molecule has 124 valence electrons. The second kappa shape index (κ2) is 6.04. The molecule has 5 nitrogen and oxygen atoms in total. The summed E-state index contributed by atoms with van der Waals surface area (Å²) in [6.07, 6.45) is 4.65. The molecule has 4 rings (SSSR count). The van der Waals surface area contributed by atoms with Crippen molar-refractivity contribution in [3.8, 4) is 11.5 Å². The van der Waals surface area contributed by atoms with Gasteiger partial charge in [-0.15, -0.1) is 0 Å². The number of rotatable bonds is 3. The number of benzene rings is 1. The normalized spacial score (nSPS) is 26.9. The second-order valence-corrected chi connectivity index (χ2v) is 6.59. The number of nitrogens with zero attached hydrogens (tertiary/aromatic N) is 2. The molecule has 0 spiro atoms. The van der Waals surface area contributed by atoms with E-state index < -0.39 is 0 Å². The van der Waals surface area contributed by atoms with Gasteiger partial charge in [0.1, 0.15) is 0 Å². The van der Waals surface area contributed by atoms with Crippen molar-refractivity contribution >= 4 is 5.91 Å². The zero-order chi connectivity index (χ0) is 15.8. The van der Waals surface area contributed by atoms with E-state index >= 15 is 0 Å². The Morgan fingerprint density at radius 3 is 2.87 bits per heavy atom. The number of amides is 1. The molecule has 0 aliphatic carbocycles. The molecule has 3 aliphatic heterocycles. The largest absolute Gasteiger partial charge is 0.454 e. The van der Waals surface area contributed by atoms with Crippen LogP contribution in [0, 0.1) is 0 Å². The van der Waals surface area contributed by atoms with Gasteiger partial charge < -0.3 is 14.4 Å². The van der Waals surface area contributed by atoms with Gasteiger partial charge in [-0.3, -0.25) is 9.69 Å². The molecule has 0 saturated carbocycles. The molecule has 0 unspecified atom stereocenters. The van der Waals surface area contributed by atoms with Crippen molar-refractivity contribution in [1.29, 1.82) is 0 Å². The average molecular weight is 316 g/mol. The molecular weight excluding hydrogens is 292 g/mol. The first kappa shape index (κ1) is 14.8. The minimum atomic E-state index is 0.0952. The zero-order valence-corrected chi connectivity index (χ0v) is 13.7. The van der Waals surface area contributed by atoms with Gasteiger partial charge in [0.05, 0.1) is 5.56 Å². The Labute approximate surface area is 137 Å². The number of hydrogen-bond acceptors (Lipinski definition) is 4. The SMILES string of the molecule is CCN1CCC[C@H]1[C@H]1CCCN1C(=O)c1cccc2c1OCO2. The predicted octanol–water partition coefficient (Wildman–Crippen LogP) is 2.50. The van der Waals surface area contributed by atoms with Crippen LogP contribution in [0.5, 0.6) is 11.5 Å². The highest BCUT2D eigenvalue weighted by molar-refractivity contribution is 5.98. The molecule has 2 saturated heterocycles. The summed E-state index contributed by atoms with van der Waals surface area (Å²) in [7, 11) is 0. The molecule has 0 N–H and O–H groups in total. The van der Waals surface area contributed by atoms with E-state index in [-0.39, 0.29) is 12.7 Å². The van der Waals surface area contributed by atoms with Crippen LogP contribution in [0.25, 0.3) is 0 Å². The van der Waals surface area contributed by atoms with Crippen LogP contribution in [-0.2, 0) is 0 Å². The standard InChI is InChI=1S/C18H24N2O3/c1-2-19-10-4-7-14(19)15-8-5-11-20(15)18(21)13-6-3-9-16-17(13)23-12-22-16/h3,6,9,14-15H,2,4-5,7-8,10-12H2,1H3/t14-,15+/m0/s1. The number of para-hydroxylation sites is 1. The first-order valence-electron chi connectivity index (χ1n) is 8.73. The average Bonchev–Trinajstić information content (AvgIpc) is 3.31. The molecule has 1 aromatic carbocycles. The number of likely N-dealkylation sites (tertiary alicyclic amines) is 2. The van der Waals surface area contributed by atoms with Crippen LogP contribution in [0.4, 0.5) is 0 Å². The molecule has 0 bridgehead atoms. The van der Waals surface area contributed by atoms with Crippen molar-refractivity contribution < 1.29 is 14.3 Å². The minimum Gasteiger partial charge on any atom is -0.454 e. The van der Waals surface area contributed by atoms with Gasteiger partial charge in [0.2, 0.25) is 6.79 Å². The highest BCUT2D eigenvalue weighted by Gasteiger charge is 2.40. The van der Waals surface area contributed by atoms with Gasteiger partial charge in [0, 0.05) is 18.6 Å². The molecule has 23 heavy (non-hydrogen) atoms. The number of carbonyl (C=O) groups excluding carboxylic acids is 1. The summed E-state index contributed by atoms with van der Waals surface area (Å²) in [4.78, 5) is 17.8. The van der Waals surface area contributed by atoms with Gasteiger partial charge >= 0.3 is 0 Å².